The Bertz CT molecular complexity index is 1630. The molecule has 0 bridgehead atoms. The van der Waals surface area contributed by atoms with Gasteiger partial charge in [0.25, 0.3) is 11.8 Å². The summed E-state index contributed by atoms with van der Waals surface area (Å²) in [6.07, 6.45) is 1.31. The molecule has 13 heteroatoms. The lowest BCUT2D eigenvalue weighted by molar-refractivity contribution is 0.0755. The van der Waals surface area contributed by atoms with E-state index in [9.17, 15) is 31.9 Å². The summed E-state index contributed by atoms with van der Waals surface area (Å²) in [4.78, 5) is 28.8. The van der Waals surface area contributed by atoms with Crippen LogP contribution in [-0.4, -0.2) is 79.5 Å². The number of carbonyl (C=O) groups excluding carboxylic acids is 2. The van der Waals surface area contributed by atoms with Gasteiger partial charge in [0.05, 0.1) is 22.8 Å². The smallest absolute Gasteiger partial charge is 0.253 e. The normalized spacial score (nSPS) is 12.5. The maximum absolute atomic E-state index is 14.1. The highest BCUT2D eigenvalue weighted by Gasteiger charge is 2.26. The minimum Gasteiger partial charge on any atom is -0.396 e. The van der Waals surface area contributed by atoms with Crippen LogP contribution in [0.2, 0.25) is 0 Å². The number of carbonyl (C=O) groups is 2. The average Bonchev–Trinajstić information content (AvgIpc) is 3.07. The summed E-state index contributed by atoms with van der Waals surface area (Å²) >= 11 is 0. The van der Waals surface area contributed by atoms with Crippen LogP contribution in [0.15, 0.2) is 65.6 Å². The van der Waals surface area contributed by atoms with Crippen LogP contribution in [0.1, 0.15) is 83.9 Å². The van der Waals surface area contributed by atoms with Crippen molar-refractivity contribution >= 4 is 34.1 Å². The van der Waals surface area contributed by atoms with Crippen molar-refractivity contribution in [3.05, 3.63) is 100 Å². The lowest BCUT2D eigenvalue weighted by Gasteiger charge is -2.26. The lowest BCUT2D eigenvalue weighted by Crippen LogP contribution is -2.48. The third-order valence-electron chi connectivity index (χ3n) is 8.11. The van der Waals surface area contributed by atoms with Gasteiger partial charge in [-0.25, -0.2) is 17.2 Å². The first-order valence-electron chi connectivity index (χ1n) is 16.9. The molecule has 0 aliphatic carbocycles. The van der Waals surface area contributed by atoms with Crippen LogP contribution < -0.4 is 10.6 Å². The van der Waals surface area contributed by atoms with Crippen molar-refractivity contribution in [3.63, 3.8) is 0 Å². The molecule has 0 aromatic heterocycles. The van der Waals surface area contributed by atoms with E-state index in [1.54, 1.807) is 4.90 Å². The van der Waals surface area contributed by atoms with Crippen LogP contribution in [-0.2, 0) is 29.2 Å². The average molecular weight is 738 g/mol. The van der Waals surface area contributed by atoms with Crippen LogP contribution >= 0.6 is 12.4 Å². The highest BCUT2D eigenvalue weighted by molar-refractivity contribution is 7.91. The third kappa shape index (κ3) is 13.0. The largest absolute Gasteiger partial charge is 0.396 e. The second-order valence-electron chi connectivity index (χ2n) is 12.2. The summed E-state index contributed by atoms with van der Waals surface area (Å²) in [6, 6.07) is 13.6. The Morgan fingerprint density at radius 3 is 2.12 bits per heavy atom. The zero-order chi connectivity index (χ0) is 36.0. The predicted octanol–water partition coefficient (Wildman–Crippen LogP) is 5.25. The van der Waals surface area contributed by atoms with Gasteiger partial charge in [-0.2, -0.15) is 0 Å². The molecule has 0 unspecified atom stereocenters. The number of hydrogen-bond acceptors (Lipinski definition) is 7. The standard InChI is InChI=1S/C37H49F2N3O6S.ClH/c1-4-12-42(13-5-2)37(46)30-20-29(21-33(22-30)49(47,48)15-8-7-14-43)36(45)41-34(19-28-17-31(38)23-32(39)18-28)35(44)25-40-24-27-11-9-10-26(6-3)16-27;/h9-11,16-18,20-23,34-35,40,43-44H,4-8,12-15,19,24-25H2,1-3H3,(H,41,45);1H/t34-,35+;/m0./s1. The van der Waals surface area contributed by atoms with Gasteiger partial charge in [-0.05, 0) is 85.5 Å². The van der Waals surface area contributed by atoms with E-state index in [0.29, 0.717) is 32.5 Å². The van der Waals surface area contributed by atoms with Gasteiger partial charge in [0, 0.05) is 50.0 Å². The van der Waals surface area contributed by atoms with Crippen LogP contribution in [0.3, 0.4) is 0 Å². The van der Waals surface area contributed by atoms with Gasteiger partial charge >= 0.3 is 0 Å². The summed E-state index contributed by atoms with van der Waals surface area (Å²) in [5.74, 6) is -3.10. The van der Waals surface area contributed by atoms with Crippen molar-refractivity contribution < 1.29 is 37.0 Å². The molecule has 3 rings (SSSR count). The monoisotopic (exact) mass is 737 g/mol. The van der Waals surface area contributed by atoms with Gasteiger partial charge < -0.3 is 25.7 Å². The molecule has 0 saturated heterocycles. The number of nitrogens with one attached hydrogen (secondary N) is 2. The highest BCUT2D eigenvalue weighted by Crippen LogP contribution is 2.21. The fraction of sp³-hybridized carbons (Fsp3) is 0.459. The predicted molar refractivity (Wildman–Crippen MR) is 193 cm³/mol. The van der Waals surface area contributed by atoms with Crippen molar-refractivity contribution in [3.8, 4) is 0 Å². The fourth-order valence-electron chi connectivity index (χ4n) is 5.58. The number of nitrogens with zero attached hydrogens (tertiary/aromatic N) is 1. The Morgan fingerprint density at radius 1 is 0.860 bits per heavy atom. The van der Waals surface area contributed by atoms with E-state index in [1.807, 2.05) is 45.0 Å². The molecule has 0 saturated carbocycles. The summed E-state index contributed by atoms with van der Waals surface area (Å²) in [5, 5.41) is 26.4. The molecular formula is C37H50ClF2N3O6S. The molecule has 0 aliphatic rings. The van der Waals surface area contributed by atoms with E-state index in [0.717, 1.165) is 35.7 Å². The zero-order valence-corrected chi connectivity index (χ0v) is 30.6. The van der Waals surface area contributed by atoms with E-state index in [1.165, 1.54) is 18.2 Å². The molecule has 0 fully saturated rings. The van der Waals surface area contributed by atoms with Crippen LogP contribution in [0, 0.1) is 11.6 Å². The number of halogens is 3. The Hall–Kier alpha value is -3.42. The number of aliphatic hydroxyl groups is 2. The molecule has 3 aromatic carbocycles. The summed E-state index contributed by atoms with van der Waals surface area (Å²) < 4.78 is 54.9. The molecule has 0 aliphatic heterocycles. The number of rotatable bonds is 20. The van der Waals surface area contributed by atoms with E-state index in [-0.39, 0.29) is 72.2 Å². The van der Waals surface area contributed by atoms with Gasteiger partial charge in [-0.1, -0.05) is 45.0 Å². The van der Waals surface area contributed by atoms with E-state index in [2.05, 4.69) is 10.6 Å². The number of aliphatic hydroxyl groups excluding tert-OH is 2. The fourth-order valence-corrected chi connectivity index (χ4v) is 7.01. The summed E-state index contributed by atoms with van der Waals surface area (Å²) in [5.41, 5.74) is 2.25. The van der Waals surface area contributed by atoms with Crippen LogP contribution in [0.4, 0.5) is 8.78 Å². The summed E-state index contributed by atoms with van der Waals surface area (Å²) in [6.45, 7) is 7.04. The van der Waals surface area contributed by atoms with Gasteiger partial charge in [-0.3, -0.25) is 9.59 Å². The van der Waals surface area contributed by atoms with Crippen LogP contribution in [0.5, 0.6) is 0 Å². The Labute approximate surface area is 300 Å². The van der Waals surface area contributed by atoms with Crippen molar-refractivity contribution in [1.82, 2.24) is 15.5 Å². The van der Waals surface area contributed by atoms with E-state index in [4.69, 9.17) is 5.11 Å². The van der Waals surface area contributed by atoms with Crippen molar-refractivity contribution in [2.24, 2.45) is 0 Å². The third-order valence-corrected chi connectivity index (χ3v) is 9.89. The molecule has 0 heterocycles. The molecule has 3 aromatic rings. The molecule has 276 valence electrons. The molecule has 2 atom stereocenters. The Balaban J connectivity index is 0.00000867. The second kappa shape index (κ2) is 21.1. The highest BCUT2D eigenvalue weighted by atomic mass is 35.5. The minimum atomic E-state index is -3.95. The Morgan fingerprint density at radius 2 is 1.50 bits per heavy atom. The van der Waals surface area contributed by atoms with Crippen LogP contribution in [0.25, 0.3) is 0 Å². The number of benzene rings is 3. The molecule has 4 N–H and O–H groups in total. The van der Waals surface area contributed by atoms with Crippen molar-refractivity contribution in [1.29, 1.82) is 0 Å². The van der Waals surface area contributed by atoms with E-state index < -0.39 is 45.4 Å². The van der Waals surface area contributed by atoms with Gasteiger partial charge in [0.2, 0.25) is 0 Å². The van der Waals surface area contributed by atoms with Gasteiger partial charge in [0.15, 0.2) is 9.84 Å². The first kappa shape index (κ1) is 42.7. The first-order chi connectivity index (χ1) is 23.4. The maximum atomic E-state index is 14.1. The number of hydrogen-bond donors (Lipinski definition) is 4. The molecule has 0 radical (unpaired) electrons. The molecule has 2 amide bonds. The van der Waals surface area contributed by atoms with E-state index >= 15 is 0 Å². The molecule has 50 heavy (non-hydrogen) atoms. The van der Waals surface area contributed by atoms with Crippen molar-refractivity contribution in [2.75, 3.05) is 32.0 Å². The number of aryl methyl sites for hydroxylation is 1. The maximum Gasteiger partial charge on any atom is 0.253 e. The quantitative estimate of drug-likeness (QED) is 0.116. The number of unbranched alkanes of at least 4 members (excludes halogenated alkanes) is 1. The van der Waals surface area contributed by atoms with Gasteiger partial charge in [-0.15, -0.1) is 12.4 Å². The number of sulfone groups is 1. The topological polar surface area (TPSA) is 136 Å². The Kier molecular flexibility index (Phi) is 18.0. The second-order valence-corrected chi connectivity index (χ2v) is 14.3. The number of amides is 2. The minimum absolute atomic E-state index is 0. The molecule has 9 nitrogen and oxygen atoms in total. The van der Waals surface area contributed by atoms with Crippen molar-refractivity contribution in [2.45, 2.75) is 82.9 Å². The van der Waals surface area contributed by atoms with Gasteiger partial charge in [0.1, 0.15) is 11.6 Å². The summed E-state index contributed by atoms with van der Waals surface area (Å²) in [7, 11) is -3.95. The lowest BCUT2D eigenvalue weighted by atomic mass is 9.99. The zero-order valence-electron chi connectivity index (χ0n) is 29.0. The molecular weight excluding hydrogens is 688 g/mol. The SMILES string of the molecule is CCCN(CCC)C(=O)c1cc(C(=O)N[C@@H](Cc2cc(F)cc(F)c2)[C@H](O)CNCc2cccc(CC)c2)cc(S(=O)(=O)CCCCO)c1.Cl. The first-order valence-corrected chi connectivity index (χ1v) is 18.6. The molecule has 0 spiro atoms.